The third kappa shape index (κ3) is 4.90. The number of pyridine rings is 1. The number of halogens is 1. The van der Waals surface area contributed by atoms with E-state index in [1.165, 1.54) is 6.07 Å². The van der Waals surface area contributed by atoms with E-state index in [9.17, 15) is 9.50 Å². The number of aryl methyl sites for hydroxylation is 1. The zero-order valence-electron chi connectivity index (χ0n) is 18.8. The fourth-order valence-corrected chi connectivity index (χ4v) is 4.39. The average molecular weight is 453 g/mol. The molecule has 8 nitrogen and oxygen atoms in total. The van der Waals surface area contributed by atoms with Crippen molar-refractivity contribution in [3.63, 3.8) is 0 Å². The van der Waals surface area contributed by atoms with Crippen LogP contribution < -0.4 is 10.2 Å². The second-order valence-corrected chi connectivity index (χ2v) is 8.76. The van der Waals surface area contributed by atoms with E-state index in [2.05, 4.69) is 20.1 Å². The van der Waals surface area contributed by atoms with E-state index >= 15 is 0 Å². The van der Waals surface area contributed by atoms with Crippen molar-refractivity contribution in [2.75, 3.05) is 49.6 Å². The number of aliphatic hydroxyl groups is 1. The fraction of sp³-hybridized carbons (Fsp3) is 0.458. The molecule has 2 aliphatic heterocycles. The lowest BCUT2D eigenvalue weighted by atomic mass is 10.1. The van der Waals surface area contributed by atoms with E-state index in [-0.39, 0.29) is 18.5 Å². The Bertz CT molecular complexity index is 1130. The summed E-state index contributed by atoms with van der Waals surface area (Å²) in [5, 5.41) is 12.7. The Balaban J connectivity index is 1.33. The normalized spacial score (nSPS) is 19.4. The van der Waals surface area contributed by atoms with Crippen LogP contribution >= 0.6 is 0 Å². The molecule has 1 atom stereocenters. The standard InChI is InChI=1S/C24H29FN6O2/c1-16-10-21-22(12-26-16)29-24(23(28-21)27-19-4-9-33-15-19)31-7-5-30(6-8-31)13-18-3-2-17(14-32)11-20(18)25/h2-3,10-12,19,32H,4-9,13-15H2,1H3,(H,27,28)/t19-/m0/s1. The molecular weight excluding hydrogens is 423 g/mol. The minimum Gasteiger partial charge on any atom is -0.392 e. The molecular formula is C24H29FN6O2. The topological polar surface area (TPSA) is 86.6 Å². The second-order valence-electron chi connectivity index (χ2n) is 8.76. The monoisotopic (exact) mass is 452 g/mol. The summed E-state index contributed by atoms with van der Waals surface area (Å²) in [6.07, 6.45) is 2.72. The number of rotatable bonds is 6. The number of nitrogens with one attached hydrogen (secondary N) is 1. The SMILES string of the molecule is Cc1cc2nc(N[C@H]3CCOC3)c(N3CCN(Cc4ccc(CO)cc4F)CC3)nc2cn1. The molecule has 5 rings (SSSR count). The van der Waals surface area contributed by atoms with Crippen molar-refractivity contribution < 1.29 is 14.2 Å². The first-order valence-corrected chi connectivity index (χ1v) is 11.4. The summed E-state index contributed by atoms with van der Waals surface area (Å²) in [4.78, 5) is 18.7. The van der Waals surface area contributed by atoms with Crippen LogP contribution in [-0.4, -0.2) is 70.4 Å². The fourth-order valence-electron chi connectivity index (χ4n) is 4.39. The maximum Gasteiger partial charge on any atom is 0.172 e. The Morgan fingerprint density at radius 2 is 2.00 bits per heavy atom. The predicted octanol–water partition coefficient (Wildman–Crippen LogP) is 2.49. The van der Waals surface area contributed by atoms with E-state index in [1.807, 2.05) is 13.0 Å². The van der Waals surface area contributed by atoms with Crippen molar-refractivity contribution in [3.05, 3.63) is 53.1 Å². The van der Waals surface area contributed by atoms with Gasteiger partial charge in [0.25, 0.3) is 0 Å². The molecule has 2 aromatic heterocycles. The molecule has 174 valence electrons. The summed E-state index contributed by atoms with van der Waals surface area (Å²) < 4.78 is 19.9. The first kappa shape index (κ1) is 21.9. The van der Waals surface area contributed by atoms with Gasteiger partial charge in [0.1, 0.15) is 11.3 Å². The van der Waals surface area contributed by atoms with E-state index in [4.69, 9.17) is 14.7 Å². The van der Waals surface area contributed by atoms with Crippen LogP contribution in [0.3, 0.4) is 0 Å². The third-order valence-corrected chi connectivity index (χ3v) is 6.31. The zero-order chi connectivity index (χ0) is 22.8. The van der Waals surface area contributed by atoms with Crippen molar-refractivity contribution in [3.8, 4) is 0 Å². The first-order chi connectivity index (χ1) is 16.1. The average Bonchev–Trinajstić information content (AvgIpc) is 3.33. The van der Waals surface area contributed by atoms with E-state index in [1.54, 1.807) is 18.3 Å². The molecule has 3 aromatic rings. The number of fused-ring (bicyclic) bond motifs is 1. The highest BCUT2D eigenvalue weighted by atomic mass is 19.1. The van der Waals surface area contributed by atoms with Gasteiger partial charge in [0.05, 0.1) is 31.0 Å². The van der Waals surface area contributed by atoms with Crippen molar-refractivity contribution in [1.82, 2.24) is 19.9 Å². The summed E-state index contributed by atoms with van der Waals surface area (Å²) in [6.45, 7) is 6.89. The summed E-state index contributed by atoms with van der Waals surface area (Å²) >= 11 is 0. The summed E-state index contributed by atoms with van der Waals surface area (Å²) in [6, 6.07) is 7.14. The van der Waals surface area contributed by atoms with E-state index in [0.717, 1.165) is 67.6 Å². The molecule has 9 heteroatoms. The highest BCUT2D eigenvalue weighted by molar-refractivity contribution is 5.80. The van der Waals surface area contributed by atoms with Crippen LogP contribution in [0.4, 0.5) is 16.0 Å². The van der Waals surface area contributed by atoms with Crippen LogP contribution in [-0.2, 0) is 17.9 Å². The quantitative estimate of drug-likeness (QED) is 0.590. The van der Waals surface area contributed by atoms with Gasteiger partial charge in [-0.15, -0.1) is 0 Å². The van der Waals surface area contributed by atoms with Gasteiger partial charge in [-0.2, -0.15) is 0 Å². The van der Waals surface area contributed by atoms with Crippen LogP contribution in [0.15, 0.2) is 30.5 Å². The second kappa shape index (κ2) is 9.54. The molecule has 0 unspecified atom stereocenters. The van der Waals surface area contributed by atoms with Crippen molar-refractivity contribution in [2.24, 2.45) is 0 Å². The van der Waals surface area contributed by atoms with Gasteiger partial charge < -0.3 is 20.1 Å². The van der Waals surface area contributed by atoms with Gasteiger partial charge >= 0.3 is 0 Å². The first-order valence-electron chi connectivity index (χ1n) is 11.4. The van der Waals surface area contributed by atoms with Crippen LogP contribution in [0.5, 0.6) is 0 Å². The van der Waals surface area contributed by atoms with Gasteiger partial charge in [0.15, 0.2) is 11.6 Å². The van der Waals surface area contributed by atoms with Crippen molar-refractivity contribution in [2.45, 2.75) is 32.5 Å². The smallest absolute Gasteiger partial charge is 0.172 e. The Kier molecular flexibility index (Phi) is 6.34. The van der Waals surface area contributed by atoms with E-state index in [0.29, 0.717) is 24.3 Å². The maximum atomic E-state index is 14.4. The highest BCUT2D eigenvalue weighted by Crippen LogP contribution is 2.28. The number of aromatic nitrogens is 3. The van der Waals surface area contributed by atoms with E-state index < -0.39 is 0 Å². The number of anilines is 2. The lowest BCUT2D eigenvalue weighted by Crippen LogP contribution is -2.46. The molecule has 4 heterocycles. The minimum atomic E-state index is -0.266. The summed E-state index contributed by atoms with van der Waals surface area (Å²) in [5.74, 6) is 1.35. The Labute approximate surface area is 192 Å². The molecule has 2 N–H and O–H groups in total. The van der Waals surface area contributed by atoms with Gasteiger partial charge in [-0.1, -0.05) is 12.1 Å². The van der Waals surface area contributed by atoms with Gasteiger partial charge in [-0.05, 0) is 31.0 Å². The molecule has 0 saturated carbocycles. The molecule has 1 aromatic carbocycles. The lowest BCUT2D eigenvalue weighted by molar-refractivity contribution is 0.195. The van der Waals surface area contributed by atoms with Gasteiger partial charge in [-0.25, -0.2) is 14.4 Å². The van der Waals surface area contributed by atoms with Crippen molar-refractivity contribution >= 4 is 22.7 Å². The molecule has 33 heavy (non-hydrogen) atoms. The number of hydrogen-bond acceptors (Lipinski definition) is 8. The number of benzene rings is 1. The Morgan fingerprint density at radius 3 is 2.73 bits per heavy atom. The van der Waals surface area contributed by atoms with Crippen LogP contribution in [0, 0.1) is 12.7 Å². The van der Waals surface area contributed by atoms with Gasteiger partial charge in [-0.3, -0.25) is 9.88 Å². The number of aliphatic hydroxyl groups excluding tert-OH is 1. The van der Waals surface area contributed by atoms with Crippen LogP contribution in [0.1, 0.15) is 23.2 Å². The largest absolute Gasteiger partial charge is 0.392 e. The molecule has 2 aliphatic rings. The summed E-state index contributed by atoms with van der Waals surface area (Å²) in [7, 11) is 0. The number of ether oxygens (including phenoxy) is 1. The van der Waals surface area contributed by atoms with Gasteiger partial charge in [0.2, 0.25) is 0 Å². The Morgan fingerprint density at radius 1 is 1.15 bits per heavy atom. The zero-order valence-corrected chi connectivity index (χ0v) is 18.8. The molecule has 2 saturated heterocycles. The summed E-state index contributed by atoms with van der Waals surface area (Å²) in [5.41, 5.74) is 3.75. The van der Waals surface area contributed by atoms with Crippen LogP contribution in [0.25, 0.3) is 11.0 Å². The minimum absolute atomic E-state index is 0.152. The molecule has 0 bridgehead atoms. The number of nitrogens with zero attached hydrogens (tertiary/aromatic N) is 5. The third-order valence-electron chi connectivity index (χ3n) is 6.31. The lowest BCUT2D eigenvalue weighted by Gasteiger charge is -2.36. The molecule has 2 fully saturated rings. The molecule has 0 aliphatic carbocycles. The van der Waals surface area contributed by atoms with Crippen molar-refractivity contribution in [1.29, 1.82) is 0 Å². The molecule has 0 spiro atoms. The van der Waals surface area contributed by atoms with Crippen LogP contribution in [0.2, 0.25) is 0 Å². The maximum absolute atomic E-state index is 14.4. The highest BCUT2D eigenvalue weighted by Gasteiger charge is 2.25. The number of hydrogen-bond donors (Lipinski definition) is 2. The molecule has 0 amide bonds. The molecule has 0 radical (unpaired) electrons. The van der Waals surface area contributed by atoms with Gasteiger partial charge in [0, 0.05) is 50.6 Å². The Hall–Kier alpha value is -2.88. The number of piperazine rings is 1. The predicted molar refractivity (Wildman–Crippen MR) is 125 cm³/mol.